The van der Waals surface area contributed by atoms with Gasteiger partial charge in [0.2, 0.25) is 5.91 Å². The minimum absolute atomic E-state index is 0.0121. The summed E-state index contributed by atoms with van der Waals surface area (Å²) < 4.78 is 0. The van der Waals surface area contributed by atoms with Gasteiger partial charge in [0.05, 0.1) is 6.42 Å². The van der Waals surface area contributed by atoms with Crippen molar-refractivity contribution in [1.82, 2.24) is 5.32 Å². The number of carbonyl (C=O) groups is 1. The van der Waals surface area contributed by atoms with E-state index in [0.717, 1.165) is 5.57 Å². The smallest absolute Gasteiger partial charge is 0.228 e. The van der Waals surface area contributed by atoms with E-state index in [1.54, 1.807) is 12.2 Å². The molecule has 0 unspecified atom stereocenters. The standard InChI is InChI=1S/C8H9NO/c1-3-4-7-5-8(10)9-6(7)2/h3-4H,1-2,5H2,(H,9,10)/b7-4-. The van der Waals surface area contributed by atoms with Crippen molar-refractivity contribution in [2.24, 2.45) is 0 Å². The van der Waals surface area contributed by atoms with E-state index in [9.17, 15) is 4.79 Å². The Kier molecular flexibility index (Phi) is 1.71. The van der Waals surface area contributed by atoms with E-state index in [1.165, 1.54) is 0 Å². The number of amides is 1. The van der Waals surface area contributed by atoms with Gasteiger partial charge in [0.1, 0.15) is 0 Å². The van der Waals surface area contributed by atoms with Crippen LogP contribution in [-0.2, 0) is 4.79 Å². The molecular formula is C8H9NO. The zero-order chi connectivity index (χ0) is 7.56. The molecule has 1 rings (SSSR count). The largest absolute Gasteiger partial charge is 0.326 e. The fraction of sp³-hybridized carbons (Fsp3) is 0.125. The number of hydrogen-bond donors (Lipinski definition) is 1. The lowest BCUT2D eigenvalue weighted by Crippen LogP contribution is -2.10. The molecule has 0 spiro atoms. The normalized spacial score (nSPS) is 21.4. The lowest BCUT2D eigenvalue weighted by atomic mass is 10.2. The minimum Gasteiger partial charge on any atom is -0.326 e. The summed E-state index contributed by atoms with van der Waals surface area (Å²) >= 11 is 0. The second-order valence-electron chi connectivity index (χ2n) is 2.13. The summed E-state index contributed by atoms with van der Waals surface area (Å²) in [4.78, 5) is 10.7. The average Bonchev–Trinajstić information content (AvgIpc) is 2.13. The van der Waals surface area contributed by atoms with Gasteiger partial charge in [-0.2, -0.15) is 0 Å². The highest BCUT2D eigenvalue weighted by molar-refractivity contribution is 5.86. The zero-order valence-corrected chi connectivity index (χ0v) is 5.68. The SMILES string of the molecule is C=C/C=C1/CC(=O)NC1=C. The molecule has 0 bridgehead atoms. The van der Waals surface area contributed by atoms with Gasteiger partial charge >= 0.3 is 0 Å². The third kappa shape index (κ3) is 1.16. The maximum Gasteiger partial charge on any atom is 0.228 e. The Hall–Kier alpha value is -1.31. The van der Waals surface area contributed by atoms with Crippen LogP contribution in [0.25, 0.3) is 0 Å². The van der Waals surface area contributed by atoms with Crippen molar-refractivity contribution in [2.75, 3.05) is 0 Å². The van der Waals surface area contributed by atoms with Gasteiger partial charge in [0.15, 0.2) is 0 Å². The molecule has 1 aliphatic rings. The second-order valence-corrected chi connectivity index (χ2v) is 2.13. The van der Waals surface area contributed by atoms with Crippen LogP contribution in [0.15, 0.2) is 36.6 Å². The summed E-state index contributed by atoms with van der Waals surface area (Å²) in [6.07, 6.45) is 3.88. The zero-order valence-electron chi connectivity index (χ0n) is 5.68. The molecule has 1 saturated heterocycles. The third-order valence-corrected chi connectivity index (χ3v) is 1.35. The van der Waals surface area contributed by atoms with Crippen molar-refractivity contribution in [3.8, 4) is 0 Å². The first-order chi connectivity index (χ1) is 4.74. The topological polar surface area (TPSA) is 29.1 Å². The summed E-state index contributed by atoms with van der Waals surface area (Å²) in [6, 6.07) is 0. The fourth-order valence-electron chi connectivity index (χ4n) is 0.874. The molecular weight excluding hydrogens is 126 g/mol. The summed E-state index contributed by atoms with van der Waals surface area (Å²) in [6.45, 7) is 7.18. The summed E-state index contributed by atoms with van der Waals surface area (Å²) in [5, 5.41) is 2.60. The van der Waals surface area contributed by atoms with Crippen LogP contribution in [0, 0.1) is 0 Å². The fourth-order valence-corrected chi connectivity index (χ4v) is 0.874. The molecule has 1 fully saturated rings. The average molecular weight is 135 g/mol. The second kappa shape index (κ2) is 2.52. The maximum absolute atomic E-state index is 10.7. The highest BCUT2D eigenvalue weighted by Gasteiger charge is 2.16. The Bertz CT molecular complexity index is 225. The number of allylic oxidation sites excluding steroid dienone is 3. The first-order valence-corrected chi connectivity index (χ1v) is 3.05. The molecule has 1 N–H and O–H groups in total. The van der Waals surface area contributed by atoms with Crippen molar-refractivity contribution in [3.63, 3.8) is 0 Å². The molecule has 0 aromatic carbocycles. The van der Waals surface area contributed by atoms with E-state index in [0.29, 0.717) is 12.1 Å². The number of hydrogen-bond acceptors (Lipinski definition) is 1. The quantitative estimate of drug-likeness (QED) is 0.573. The van der Waals surface area contributed by atoms with Crippen molar-refractivity contribution in [2.45, 2.75) is 6.42 Å². The molecule has 2 nitrogen and oxygen atoms in total. The van der Waals surface area contributed by atoms with Gasteiger partial charge in [-0.25, -0.2) is 0 Å². The van der Waals surface area contributed by atoms with Crippen molar-refractivity contribution in [1.29, 1.82) is 0 Å². The first-order valence-electron chi connectivity index (χ1n) is 3.05. The molecule has 0 aliphatic carbocycles. The van der Waals surface area contributed by atoms with E-state index >= 15 is 0 Å². The van der Waals surface area contributed by atoms with Crippen LogP contribution in [0.2, 0.25) is 0 Å². The van der Waals surface area contributed by atoms with Crippen molar-refractivity contribution < 1.29 is 4.79 Å². The van der Waals surface area contributed by atoms with Gasteiger partial charge in [0, 0.05) is 5.70 Å². The van der Waals surface area contributed by atoms with E-state index < -0.39 is 0 Å². The Morgan fingerprint density at radius 1 is 1.60 bits per heavy atom. The molecule has 52 valence electrons. The van der Waals surface area contributed by atoms with E-state index in [4.69, 9.17) is 0 Å². The summed E-state index contributed by atoms with van der Waals surface area (Å²) in [7, 11) is 0. The molecule has 0 aromatic rings. The number of nitrogens with one attached hydrogen (secondary N) is 1. The number of rotatable bonds is 1. The van der Waals surface area contributed by atoms with Gasteiger partial charge in [-0.3, -0.25) is 4.79 Å². The van der Waals surface area contributed by atoms with E-state index in [2.05, 4.69) is 18.5 Å². The lowest BCUT2D eigenvalue weighted by molar-refractivity contribution is -0.118. The summed E-state index contributed by atoms with van der Waals surface area (Å²) in [5.41, 5.74) is 1.63. The lowest BCUT2D eigenvalue weighted by Gasteiger charge is -1.91. The van der Waals surface area contributed by atoms with Crippen LogP contribution in [0.4, 0.5) is 0 Å². The molecule has 1 aliphatic heterocycles. The van der Waals surface area contributed by atoms with Gasteiger partial charge in [0.25, 0.3) is 0 Å². The van der Waals surface area contributed by atoms with Gasteiger partial charge in [-0.05, 0) is 5.57 Å². The van der Waals surface area contributed by atoms with Crippen LogP contribution in [0.5, 0.6) is 0 Å². The Balaban J connectivity index is 2.81. The molecule has 0 radical (unpaired) electrons. The maximum atomic E-state index is 10.7. The molecule has 10 heavy (non-hydrogen) atoms. The molecule has 2 heteroatoms. The molecule has 1 amide bonds. The molecule has 0 saturated carbocycles. The van der Waals surface area contributed by atoms with Crippen LogP contribution >= 0.6 is 0 Å². The van der Waals surface area contributed by atoms with Crippen LogP contribution in [-0.4, -0.2) is 5.91 Å². The predicted octanol–water partition coefficient (Wildman–Crippen LogP) is 1.13. The van der Waals surface area contributed by atoms with Crippen LogP contribution in [0.3, 0.4) is 0 Å². The predicted molar refractivity (Wildman–Crippen MR) is 40.2 cm³/mol. The van der Waals surface area contributed by atoms with Crippen LogP contribution < -0.4 is 5.32 Å². The Morgan fingerprint density at radius 2 is 2.30 bits per heavy atom. The van der Waals surface area contributed by atoms with Crippen molar-refractivity contribution in [3.05, 3.63) is 36.6 Å². The monoisotopic (exact) mass is 135 g/mol. The highest BCUT2D eigenvalue weighted by Crippen LogP contribution is 2.16. The van der Waals surface area contributed by atoms with Gasteiger partial charge in [-0.1, -0.05) is 25.3 Å². The Labute approximate surface area is 59.9 Å². The molecule has 0 aromatic heterocycles. The molecule has 1 heterocycles. The summed E-state index contributed by atoms with van der Waals surface area (Å²) in [5.74, 6) is 0.0121. The Morgan fingerprint density at radius 3 is 2.70 bits per heavy atom. The third-order valence-electron chi connectivity index (χ3n) is 1.35. The van der Waals surface area contributed by atoms with Gasteiger partial charge < -0.3 is 5.32 Å². The molecule has 0 atom stereocenters. The highest BCUT2D eigenvalue weighted by atomic mass is 16.1. The number of carbonyl (C=O) groups excluding carboxylic acids is 1. The van der Waals surface area contributed by atoms with Crippen LogP contribution in [0.1, 0.15) is 6.42 Å². The minimum atomic E-state index is 0.0121. The first kappa shape index (κ1) is 6.81. The van der Waals surface area contributed by atoms with Gasteiger partial charge in [-0.15, -0.1) is 0 Å². The van der Waals surface area contributed by atoms with E-state index in [-0.39, 0.29) is 5.91 Å². The van der Waals surface area contributed by atoms with E-state index in [1.807, 2.05) is 0 Å². The van der Waals surface area contributed by atoms with Crippen molar-refractivity contribution >= 4 is 5.91 Å².